The summed E-state index contributed by atoms with van der Waals surface area (Å²) in [5.74, 6) is 0.200. The molecule has 0 fully saturated rings. The van der Waals surface area contributed by atoms with Crippen molar-refractivity contribution < 1.29 is 9.84 Å². The van der Waals surface area contributed by atoms with Gasteiger partial charge in [0.05, 0.1) is 11.1 Å². The van der Waals surface area contributed by atoms with E-state index in [1.165, 1.54) is 0 Å². The van der Waals surface area contributed by atoms with Crippen LogP contribution in [-0.4, -0.2) is 11.7 Å². The molecule has 0 saturated carbocycles. The Balaban J connectivity index is 2.75. The van der Waals surface area contributed by atoms with E-state index in [9.17, 15) is 5.11 Å². The van der Waals surface area contributed by atoms with Crippen LogP contribution in [0.25, 0.3) is 0 Å². The van der Waals surface area contributed by atoms with Crippen molar-refractivity contribution in [3.8, 4) is 5.75 Å². The Hall–Kier alpha value is -0.250. The van der Waals surface area contributed by atoms with Gasteiger partial charge in [-0.1, -0.05) is 18.5 Å². The van der Waals surface area contributed by atoms with E-state index >= 15 is 0 Å². The molecule has 1 rings (SSSR count). The number of phenols is 1. The fourth-order valence-corrected chi connectivity index (χ4v) is 1.93. The summed E-state index contributed by atoms with van der Waals surface area (Å²) in [6, 6.07) is 3.36. The van der Waals surface area contributed by atoms with Crippen LogP contribution < -0.4 is 0 Å². The van der Waals surface area contributed by atoms with Gasteiger partial charge in [0.25, 0.3) is 0 Å². The van der Waals surface area contributed by atoms with Gasteiger partial charge in [0, 0.05) is 17.2 Å². The van der Waals surface area contributed by atoms with Crippen molar-refractivity contribution in [2.75, 3.05) is 6.61 Å². The van der Waals surface area contributed by atoms with Gasteiger partial charge >= 0.3 is 0 Å². The molecule has 0 unspecified atom stereocenters. The Kier molecular flexibility index (Phi) is 4.72. The topological polar surface area (TPSA) is 29.5 Å². The first-order valence-electron chi connectivity index (χ1n) is 4.39. The van der Waals surface area contributed by atoms with Crippen molar-refractivity contribution in [2.45, 2.75) is 20.0 Å². The zero-order chi connectivity index (χ0) is 10.6. The minimum absolute atomic E-state index is 0.200. The molecule has 78 valence electrons. The number of benzene rings is 1. The average Bonchev–Trinajstić information content (AvgIpc) is 2.13. The second-order valence-electron chi connectivity index (χ2n) is 2.95. The van der Waals surface area contributed by atoms with Crippen molar-refractivity contribution in [1.29, 1.82) is 0 Å². The van der Waals surface area contributed by atoms with Crippen LogP contribution in [0.2, 0.25) is 5.02 Å². The van der Waals surface area contributed by atoms with Crippen LogP contribution in [-0.2, 0) is 11.3 Å². The third kappa shape index (κ3) is 3.15. The average molecular weight is 280 g/mol. The largest absolute Gasteiger partial charge is 0.506 e. The van der Waals surface area contributed by atoms with Gasteiger partial charge in [-0.05, 0) is 34.5 Å². The van der Waals surface area contributed by atoms with Crippen LogP contribution in [0.4, 0.5) is 0 Å². The van der Waals surface area contributed by atoms with E-state index in [1.807, 2.05) is 6.92 Å². The SMILES string of the molecule is CCCOCc1cc(Cl)cc(Br)c1O. The minimum atomic E-state index is 0.200. The molecule has 2 nitrogen and oxygen atoms in total. The van der Waals surface area contributed by atoms with Crippen LogP contribution in [0.3, 0.4) is 0 Å². The molecule has 0 amide bonds. The Morgan fingerprint density at radius 2 is 2.21 bits per heavy atom. The maximum absolute atomic E-state index is 9.64. The van der Waals surface area contributed by atoms with Crippen LogP contribution in [0, 0.1) is 0 Å². The van der Waals surface area contributed by atoms with E-state index in [0.29, 0.717) is 28.3 Å². The predicted octanol–water partition coefficient (Wildman–Crippen LogP) is 3.73. The van der Waals surface area contributed by atoms with E-state index < -0.39 is 0 Å². The molecular formula is C10H12BrClO2. The van der Waals surface area contributed by atoms with Crippen molar-refractivity contribution in [2.24, 2.45) is 0 Å². The normalized spacial score (nSPS) is 10.5. The Labute approximate surface area is 97.0 Å². The molecule has 0 aliphatic carbocycles. The first-order chi connectivity index (χ1) is 6.65. The third-order valence-corrected chi connectivity index (χ3v) is 2.54. The van der Waals surface area contributed by atoms with E-state index in [1.54, 1.807) is 12.1 Å². The molecule has 1 N–H and O–H groups in total. The fourth-order valence-electron chi connectivity index (χ4n) is 1.06. The Bertz CT molecular complexity index is 315. The molecule has 0 spiro atoms. The van der Waals surface area contributed by atoms with E-state index in [0.717, 1.165) is 6.42 Å². The van der Waals surface area contributed by atoms with Crippen LogP contribution >= 0.6 is 27.5 Å². The van der Waals surface area contributed by atoms with Gasteiger partial charge in [-0.25, -0.2) is 0 Å². The summed E-state index contributed by atoms with van der Waals surface area (Å²) in [4.78, 5) is 0. The zero-order valence-electron chi connectivity index (χ0n) is 7.89. The molecule has 0 aliphatic heterocycles. The first-order valence-corrected chi connectivity index (χ1v) is 5.57. The number of ether oxygens (including phenoxy) is 1. The highest BCUT2D eigenvalue weighted by atomic mass is 79.9. The fraction of sp³-hybridized carbons (Fsp3) is 0.400. The van der Waals surface area contributed by atoms with E-state index in [4.69, 9.17) is 16.3 Å². The summed E-state index contributed by atoms with van der Waals surface area (Å²) < 4.78 is 5.92. The lowest BCUT2D eigenvalue weighted by molar-refractivity contribution is 0.119. The van der Waals surface area contributed by atoms with Gasteiger partial charge < -0.3 is 9.84 Å². The molecule has 0 aliphatic rings. The maximum Gasteiger partial charge on any atom is 0.135 e. The van der Waals surface area contributed by atoms with Gasteiger partial charge in [0.15, 0.2) is 0 Å². The molecule has 0 heterocycles. The monoisotopic (exact) mass is 278 g/mol. The smallest absolute Gasteiger partial charge is 0.135 e. The molecule has 0 radical (unpaired) electrons. The van der Waals surface area contributed by atoms with Gasteiger partial charge in [-0.3, -0.25) is 0 Å². The van der Waals surface area contributed by atoms with Crippen LogP contribution in [0.15, 0.2) is 16.6 Å². The summed E-state index contributed by atoms with van der Waals surface area (Å²) in [5.41, 5.74) is 0.706. The molecule has 0 saturated heterocycles. The van der Waals surface area contributed by atoms with Crippen LogP contribution in [0.1, 0.15) is 18.9 Å². The Morgan fingerprint density at radius 1 is 1.50 bits per heavy atom. The summed E-state index contributed by atoms with van der Waals surface area (Å²) in [5, 5.41) is 10.2. The highest BCUT2D eigenvalue weighted by Gasteiger charge is 2.07. The highest BCUT2D eigenvalue weighted by Crippen LogP contribution is 2.31. The standard InChI is InChI=1S/C10H12BrClO2/c1-2-3-14-6-7-4-8(12)5-9(11)10(7)13/h4-5,13H,2-3,6H2,1H3. The number of aromatic hydroxyl groups is 1. The zero-order valence-corrected chi connectivity index (χ0v) is 10.2. The first kappa shape index (κ1) is 11.8. The lowest BCUT2D eigenvalue weighted by atomic mass is 10.2. The van der Waals surface area contributed by atoms with Crippen LogP contribution in [0.5, 0.6) is 5.75 Å². The maximum atomic E-state index is 9.64. The molecule has 1 aromatic carbocycles. The quantitative estimate of drug-likeness (QED) is 0.851. The van der Waals surface area contributed by atoms with Crippen molar-refractivity contribution >= 4 is 27.5 Å². The summed E-state index contributed by atoms with van der Waals surface area (Å²) >= 11 is 9.05. The molecule has 0 aromatic heterocycles. The minimum Gasteiger partial charge on any atom is -0.506 e. The number of phenolic OH excluding ortho intramolecular Hbond substituents is 1. The Morgan fingerprint density at radius 3 is 2.86 bits per heavy atom. The third-order valence-electron chi connectivity index (χ3n) is 1.71. The summed E-state index contributed by atoms with van der Waals surface area (Å²) in [6.07, 6.45) is 0.961. The van der Waals surface area contributed by atoms with E-state index in [2.05, 4.69) is 15.9 Å². The second-order valence-corrected chi connectivity index (χ2v) is 4.24. The number of halogens is 2. The predicted molar refractivity (Wildman–Crippen MR) is 60.8 cm³/mol. The second kappa shape index (κ2) is 5.59. The van der Waals surface area contributed by atoms with Crippen molar-refractivity contribution in [3.05, 3.63) is 27.2 Å². The molecular weight excluding hydrogens is 267 g/mol. The number of rotatable bonds is 4. The van der Waals surface area contributed by atoms with Crippen molar-refractivity contribution in [3.63, 3.8) is 0 Å². The van der Waals surface area contributed by atoms with Gasteiger partial charge in [-0.15, -0.1) is 0 Å². The van der Waals surface area contributed by atoms with E-state index in [-0.39, 0.29) is 5.75 Å². The number of hydrogen-bond acceptors (Lipinski definition) is 2. The number of hydrogen-bond donors (Lipinski definition) is 1. The summed E-state index contributed by atoms with van der Waals surface area (Å²) in [7, 11) is 0. The lowest BCUT2D eigenvalue weighted by Crippen LogP contribution is -1.94. The summed E-state index contributed by atoms with van der Waals surface area (Å²) in [6.45, 7) is 3.11. The molecule has 0 bridgehead atoms. The van der Waals surface area contributed by atoms with Gasteiger partial charge in [-0.2, -0.15) is 0 Å². The molecule has 0 atom stereocenters. The lowest BCUT2D eigenvalue weighted by Gasteiger charge is -2.07. The highest BCUT2D eigenvalue weighted by molar-refractivity contribution is 9.10. The van der Waals surface area contributed by atoms with Gasteiger partial charge in [0.2, 0.25) is 0 Å². The van der Waals surface area contributed by atoms with Crippen molar-refractivity contribution in [1.82, 2.24) is 0 Å². The molecule has 4 heteroatoms. The molecule has 14 heavy (non-hydrogen) atoms. The molecule has 1 aromatic rings. The van der Waals surface area contributed by atoms with Gasteiger partial charge in [0.1, 0.15) is 5.75 Å².